The zero-order chi connectivity index (χ0) is 8.97. The summed E-state index contributed by atoms with van der Waals surface area (Å²) in [5.41, 5.74) is 9.24. The lowest BCUT2D eigenvalue weighted by molar-refractivity contribution is 1.08. The molecule has 0 unspecified atom stereocenters. The largest absolute Gasteiger partial charge is 0.372 e. The van der Waals surface area contributed by atoms with Crippen LogP contribution in [0.2, 0.25) is 0 Å². The molecule has 0 saturated carbocycles. The lowest BCUT2D eigenvalue weighted by atomic mass is 10.1. The van der Waals surface area contributed by atoms with Gasteiger partial charge < -0.3 is 11.1 Å². The van der Waals surface area contributed by atoms with Gasteiger partial charge in [-0.15, -0.1) is 0 Å². The Hall–Kier alpha value is -1.02. The first-order chi connectivity index (χ1) is 5.79. The molecule has 1 aromatic rings. The van der Waals surface area contributed by atoms with Crippen molar-refractivity contribution in [1.82, 2.24) is 0 Å². The van der Waals surface area contributed by atoms with E-state index in [0.717, 1.165) is 6.42 Å². The molecular weight excluding hydrogens is 148 g/mol. The molecule has 3 N–H and O–H groups in total. The van der Waals surface area contributed by atoms with E-state index in [-0.39, 0.29) is 0 Å². The fourth-order valence-electron chi connectivity index (χ4n) is 1.38. The molecule has 2 nitrogen and oxygen atoms in total. The van der Waals surface area contributed by atoms with Gasteiger partial charge in [-0.1, -0.05) is 25.1 Å². The Morgan fingerprint density at radius 2 is 2.17 bits per heavy atom. The first kappa shape index (κ1) is 9.07. The zero-order valence-electron chi connectivity index (χ0n) is 7.72. The molecule has 0 atom stereocenters. The summed E-state index contributed by atoms with van der Waals surface area (Å²) in [6.07, 6.45) is 1.05. The van der Waals surface area contributed by atoms with Crippen LogP contribution >= 0.6 is 0 Å². The number of aryl methyl sites for hydroxylation is 2. The molecule has 0 aromatic heterocycles. The quantitative estimate of drug-likeness (QED) is 0.669. The molecule has 0 bridgehead atoms. The van der Waals surface area contributed by atoms with E-state index in [1.165, 1.54) is 16.8 Å². The van der Waals surface area contributed by atoms with E-state index in [0.29, 0.717) is 6.67 Å². The standard InChI is InChI=1S/C10H16N2/c1-3-9-6-4-5-8(2)10(9)12-7-11/h4-6,12H,3,7,11H2,1-2H3. The number of hydrogen-bond acceptors (Lipinski definition) is 2. The lowest BCUT2D eigenvalue weighted by Gasteiger charge is -2.11. The highest BCUT2D eigenvalue weighted by Gasteiger charge is 2.00. The molecule has 66 valence electrons. The topological polar surface area (TPSA) is 38.0 Å². The molecule has 1 aromatic carbocycles. The number of nitrogens with one attached hydrogen (secondary N) is 1. The van der Waals surface area contributed by atoms with Crippen molar-refractivity contribution in [2.24, 2.45) is 5.73 Å². The van der Waals surface area contributed by atoms with Crippen molar-refractivity contribution in [3.8, 4) is 0 Å². The van der Waals surface area contributed by atoms with Crippen LogP contribution in [0.15, 0.2) is 18.2 Å². The molecule has 12 heavy (non-hydrogen) atoms. The minimum Gasteiger partial charge on any atom is -0.372 e. The Morgan fingerprint density at radius 3 is 2.75 bits per heavy atom. The fourth-order valence-corrected chi connectivity index (χ4v) is 1.38. The Bertz CT molecular complexity index is 256. The fraction of sp³-hybridized carbons (Fsp3) is 0.400. The van der Waals surface area contributed by atoms with Crippen molar-refractivity contribution in [3.05, 3.63) is 29.3 Å². The Kier molecular flexibility index (Phi) is 3.11. The maximum atomic E-state index is 5.44. The van der Waals surface area contributed by atoms with Crippen LogP contribution in [0.5, 0.6) is 0 Å². The van der Waals surface area contributed by atoms with Gasteiger partial charge in [0.15, 0.2) is 0 Å². The molecule has 0 aliphatic rings. The lowest BCUT2D eigenvalue weighted by Crippen LogP contribution is -2.13. The van der Waals surface area contributed by atoms with E-state index in [4.69, 9.17) is 5.73 Å². The van der Waals surface area contributed by atoms with E-state index in [1.54, 1.807) is 0 Å². The summed E-state index contributed by atoms with van der Waals surface area (Å²) in [6, 6.07) is 6.30. The van der Waals surface area contributed by atoms with Crippen LogP contribution in [0.3, 0.4) is 0 Å². The molecule has 0 saturated heterocycles. The monoisotopic (exact) mass is 164 g/mol. The van der Waals surface area contributed by atoms with Gasteiger partial charge in [-0.3, -0.25) is 0 Å². The second kappa shape index (κ2) is 4.12. The molecular formula is C10H16N2. The number of benzene rings is 1. The van der Waals surface area contributed by atoms with E-state index in [1.807, 2.05) is 0 Å². The Labute approximate surface area is 73.8 Å². The molecule has 0 aliphatic heterocycles. The van der Waals surface area contributed by atoms with Crippen LogP contribution in [0.4, 0.5) is 5.69 Å². The van der Waals surface area contributed by atoms with Crippen LogP contribution in [0.1, 0.15) is 18.1 Å². The van der Waals surface area contributed by atoms with E-state index in [2.05, 4.69) is 37.4 Å². The highest BCUT2D eigenvalue weighted by molar-refractivity contribution is 5.57. The first-order valence-corrected chi connectivity index (χ1v) is 4.32. The van der Waals surface area contributed by atoms with Crippen molar-refractivity contribution in [2.45, 2.75) is 20.3 Å². The summed E-state index contributed by atoms with van der Waals surface area (Å²) < 4.78 is 0. The number of para-hydroxylation sites is 1. The van der Waals surface area contributed by atoms with Gasteiger partial charge in [0.2, 0.25) is 0 Å². The third kappa shape index (κ3) is 1.77. The second-order valence-corrected chi connectivity index (χ2v) is 2.84. The van der Waals surface area contributed by atoms with Crippen LogP contribution < -0.4 is 11.1 Å². The number of anilines is 1. The third-order valence-electron chi connectivity index (χ3n) is 2.02. The summed E-state index contributed by atoms with van der Waals surface area (Å²) >= 11 is 0. The summed E-state index contributed by atoms with van der Waals surface area (Å²) in [5.74, 6) is 0. The first-order valence-electron chi connectivity index (χ1n) is 4.32. The van der Waals surface area contributed by atoms with Crippen molar-refractivity contribution in [1.29, 1.82) is 0 Å². The van der Waals surface area contributed by atoms with Crippen molar-refractivity contribution in [2.75, 3.05) is 12.0 Å². The number of nitrogens with two attached hydrogens (primary N) is 1. The van der Waals surface area contributed by atoms with E-state index >= 15 is 0 Å². The van der Waals surface area contributed by atoms with Crippen LogP contribution in [-0.4, -0.2) is 6.67 Å². The van der Waals surface area contributed by atoms with Crippen molar-refractivity contribution < 1.29 is 0 Å². The van der Waals surface area contributed by atoms with Gasteiger partial charge in [0.05, 0.1) is 6.67 Å². The van der Waals surface area contributed by atoms with Gasteiger partial charge >= 0.3 is 0 Å². The molecule has 0 radical (unpaired) electrons. The third-order valence-corrected chi connectivity index (χ3v) is 2.02. The Balaban J connectivity index is 3.02. The summed E-state index contributed by atoms with van der Waals surface area (Å²) in [6.45, 7) is 4.74. The van der Waals surface area contributed by atoms with Crippen molar-refractivity contribution in [3.63, 3.8) is 0 Å². The molecule has 0 aliphatic carbocycles. The molecule has 0 spiro atoms. The average Bonchev–Trinajstić information content (AvgIpc) is 2.09. The molecule has 2 heteroatoms. The average molecular weight is 164 g/mol. The van der Waals surface area contributed by atoms with E-state index < -0.39 is 0 Å². The maximum Gasteiger partial charge on any atom is 0.0628 e. The summed E-state index contributed by atoms with van der Waals surface area (Å²) in [4.78, 5) is 0. The predicted octanol–water partition coefficient (Wildman–Crippen LogP) is 1.89. The minimum atomic E-state index is 0.498. The van der Waals surface area contributed by atoms with Gasteiger partial charge in [0.25, 0.3) is 0 Å². The Morgan fingerprint density at radius 1 is 1.42 bits per heavy atom. The number of hydrogen-bond donors (Lipinski definition) is 2. The smallest absolute Gasteiger partial charge is 0.0628 e. The molecule has 0 fully saturated rings. The van der Waals surface area contributed by atoms with Crippen LogP contribution in [0, 0.1) is 6.92 Å². The van der Waals surface area contributed by atoms with Gasteiger partial charge in [-0.2, -0.15) is 0 Å². The van der Waals surface area contributed by atoms with Crippen LogP contribution in [-0.2, 0) is 6.42 Å². The zero-order valence-corrected chi connectivity index (χ0v) is 7.72. The van der Waals surface area contributed by atoms with Gasteiger partial charge in [-0.05, 0) is 24.5 Å². The molecule has 1 rings (SSSR count). The SMILES string of the molecule is CCc1cccc(C)c1NCN. The van der Waals surface area contributed by atoms with Gasteiger partial charge in [-0.25, -0.2) is 0 Å². The van der Waals surface area contributed by atoms with E-state index in [9.17, 15) is 0 Å². The normalized spacial score (nSPS) is 9.92. The highest BCUT2D eigenvalue weighted by Crippen LogP contribution is 2.20. The highest BCUT2D eigenvalue weighted by atomic mass is 15.0. The van der Waals surface area contributed by atoms with Crippen LogP contribution in [0.25, 0.3) is 0 Å². The minimum absolute atomic E-state index is 0.498. The maximum absolute atomic E-state index is 5.44. The van der Waals surface area contributed by atoms with Crippen molar-refractivity contribution >= 4 is 5.69 Å². The molecule has 0 heterocycles. The van der Waals surface area contributed by atoms with Gasteiger partial charge in [0.1, 0.15) is 0 Å². The molecule has 0 amide bonds. The summed E-state index contributed by atoms with van der Waals surface area (Å²) in [5, 5.41) is 3.17. The number of rotatable bonds is 3. The summed E-state index contributed by atoms with van der Waals surface area (Å²) in [7, 11) is 0. The second-order valence-electron chi connectivity index (χ2n) is 2.84. The predicted molar refractivity (Wildman–Crippen MR) is 53.2 cm³/mol. The van der Waals surface area contributed by atoms with Gasteiger partial charge in [0, 0.05) is 5.69 Å².